The molecule has 0 fully saturated rings. The first-order valence-electron chi connectivity index (χ1n) is 7.27. The van der Waals surface area contributed by atoms with E-state index in [2.05, 4.69) is 5.32 Å². The average Bonchev–Trinajstić information content (AvgIpc) is 2.59. The van der Waals surface area contributed by atoms with Gasteiger partial charge in [-0.15, -0.1) is 0 Å². The van der Waals surface area contributed by atoms with Crippen molar-refractivity contribution in [2.75, 3.05) is 7.11 Å². The summed E-state index contributed by atoms with van der Waals surface area (Å²) in [6, 6.07) is 14.5. The summed E-state index contributed by atoms with van der Waals surface area (Å²) in [7, 11) is 1.60. The molecule has 0 heterocycles. The molecular formula is C18H18ClNO3. The lowest BCUT2D eigenvalue weighted by atomic mass is 10.1. The van der Waals surface area contributed by atoms with Gasteiger partial charge in [-0.2, -0.15) is 0 Å². The Kier molecular flexibility index (Phi) is 6.18. The van der Waals surface area contributed by atoms with Crippen LogP contribution in [0.4, 0.5) is 0 Å². The number of hydrogen-bond donors (Lipinski definition) is 1. The molecule has 0 saturated carbocycles. The molecule has 0 atom stereocenters. The van der Waals surface area contributed by atoms with Crippen LogP contribution in [0.2, 0.25) is 5.02 Å². The van der Waals surface area contributed by atoms with Gasteiger partial charge in [-0.3, -0.25) is 9.59 Å². The first-order chi connectivity index (χ1) is 11.1. The Morgan fingerprint density at radius 2 is 1.61 bits per heavy atom. The van der Waals surface area contributed by atoms with Crippen LogP contribution in [-0.2, 0) is 22.6 Å². The summed E-state index contributed by atoms with van der Waals surface area (Å²) in [5, 5.41) is 3.26. The number of methoxy groups -OCH3 is 1. The van der Waals surface area contributed by atoms with E-state index in [-0.39, 0.29) is 6.42 Å². The highest BCUT2D eigenvalue weighted by atomic mass is 35.5. The number of rotatable bonds is 7. The summed E-state index contributed by atoms with van der Waals surface area (Å²) in [6.45, 7) is 0.310. The van der Waals surface area contributed by atoms with Crippen LogP contribution in [0, 0.1) is 0 Å². The van der Waals surface area contributed by atoms with Gasteiger partial charge in [0, 0.05) is 18.0 Å². The molecule has 1 N–H and O–H groups in total. The standard InChI is InChI=1S/C18H18ClNO3/c1-23-16-9-4-13(5-10-16)6-11-17(21)18(22)20-12-14-2-7-15(19)8-3-14/h2-5,7-10H,6,11-12H2,1H3,(H,20,22). The van der Waals surface area contributed by atoms with Crippen molar-refractivity contribution in [3.8, 4) is 5.75 Å². The van der Waals surface area contributed by atoms with E-state index < -0.39 is 11.7 Å². The maximum atomic E-state index is 11.9. The van der Waals surface area contributed by atoms with Gasteiger partial charge in [0.05, 0.1) is 7.11 Å². The maximum absolute atomic E-state index is 11.9. The first kappa shape index (κ1) is 17.0. The Balaban J connectivity index is 1.77. The van der Waals surface area contributed by atoms with E-state index in [4.69, 9.17) is 16.3 Å². The quantitative estimate of drug-likeness (QED) is 0.793. The number of carbonyl (C=O) groups is 2. The monoisotopic (exact) mass is 331 g/mol. The third kappa shape index (κ3) is 5.42. The zero-order valence-electron chi connectivity index (χ0n) is 12.8. The number of halogens is 1. The number of nitrogens with one attached hydrogen (secondary N) is 1. The van der Waals surface area contributed by atoms with E-state index in [0.29, 0.717) is 18.0 Å². The van der Waals surface area contributed by atoms with Crippen molar-refractivity contribution in [3.05, 3.63) is 64.7 Å². The van der Waals surface area contributed by atoms with E-state index >= 15 is 0 Å². The zero-order valence-corrected chi connectivity index (χ0v) is 13.6. The minimum absolute atomic E-state index is 0.179. The van der Waals surface area contributed by atoms with Crippen molar-refractivity contribution in [1.29, 1.82) is 0 Å². The average molecular weight is 332 g/mol. The summed E-state index contributed by atoms with van der Waals surface area (Å²) in [5.74, 6) is -0.218. The number of benzene rings is 2. The van der Waals surface area contributed by atoms with Gasteiger partial charge >= 0.3 is 0 Å². The summed E-state index contributed by atoms with van der Waals surface area (Å²) >= 11 is 5.79. The number of Topliss-reactive ketones (excluding diaryl/α,β-unsaturated/α-hetero) is 1. The SMILES string of the molecule is COc1ccc(CCC(=O)C(=O)NCc2ccc(Cl)cc2)cc1. The third-order valence-corrected chi connectivity index (χ3v) is 3.67. The third-order valence-electron chi connectivity index (χ3n) is 3.42. The molecule has 0 aliphatic rings. The van der Waals surface area contributed by atoms with Crippen LogP contribution in [0.5, 0.6) is 5.75 Å². The first-order valence-corrected chi connectivity index (χ1v) is 7.64. The molecule has 2 aromatic carbocycles. The molecule has 5 heteroatoms. The summed E-state index contributed by atoms with van der Waals surface area (Å²) < 4.78 is 5.08. The van der Waals surface area contributed by atoms with Crippen molar-refractivity contribution in [1.82, 2.24) is 5.32 Å². The topological polar surface area (TPSA) is 55.4 Å². The lowest BCUT2D eigenvalue weighted by Gasteiger charge is -2.06. The molecule has 0 aliphatic carbocycles. The molecular weight excluding hydrogens is 314 g/mol. The van der Waals surface area contributed by atoms with E-state index in [9.17, 15) is 9.59 Å². The van der Waals surface area contributed by atoms with Gasteiger partial charge in [-0.25, -0.2) is 0 Å². The smallest absolute Gasteiger partial charge is 0.287 e. The Hall–Kier alpha value is -2.33. The number of ether oxygens (including phenoxy) is 1. The number of ketones is 1. The fourth-order valence-electron chi connectivity index (χ4n) is 2.05. The van der Waals surface area contributed by atoms with E-state index in [1.165, 1.54) is 0 Å². The molecule has 0 aromatic heterocycles. The Morgan fingerprint density at radius 1 is 1.00 bits per heavy atom. The number of aryl methyl sites for hydroxylation is 1. The fourth-order valence-corrected chi connectivity index (χ4v) is 2.17. The number of carbonyl (C=O) groups excluding carboxylic acids is 2. The molecule has 4 nitrogen and oxygen atoms in total. The minimum Gasteiger partial charge on any atom is -0.497 e. The summed E-state index contributed by atoms with van der Waals surface area (Å²) in [4.78, 5) is 23.7. The second-order valence-electron chi connectivity index (χ2n) is 5.08. The van der Waals surface area contributed by atoms with Gasteiger partial charge in [0.15, 0.2) is 0 Å². The Morgan fingerprint density at radius 3 is 2.22 bits per heavy atom. The van der Waals surface area contributed by atoms with Crippen LogP contribution in [0.3, 0.4) is 0 Å². The normalized spacial score (nSPS) is 10.2. The molecule has 1 amide bonds. The molecule has 120 valence electrons. The predicted octanol–water partition coefficient (Wildman–Crippen LogP) is 3.17. The zero-order chi connectivity index (χ0) is 16.7. The van der Waals surface area contributed by atoms with Crippen LogP contribution in [-0.4, -0.2) is 18.8 Å². The van der Waals surface area contributed by atoms with Gasteiger partial charge in [0.1, 0.15) is 5.75 Å². The lowest BCUT2D eigenvalue weighted by molar-refractivity contribution is -0.138. The van der Waals surface area contributed by atoms with Gasteiger partial charge in [0.25, 0.3) is 5.91 Å². The van der Waals surface area contributed by atoms with Crippen LogP contribution in [0.1, 0.15) is 17.5 Å². The second kappa shape index (κ2) is 8.34. The van der Waals surface area contributed by atoms with Crippen LogP contribution in [0.25, 0.3) is 0 Å². The van der Waals surface area contributed by atoms with Crippen molar-refractivity contribution < 1.29 is 14.3 Å². The minimum atomic E-state index is -0.562. The fraction of sp³-hybridized carbons (Fsp3) is 0.222. The molecule has 0 bridgehead atoms. The number of hydrogen-bond acceptors (Lipinski definition) is 3. The molecule has 0 aliphatic heterocycles. The van der Waals surface area contributed by atoms with E-state index in [1.54, 1.807) is 19.2 Å². The highest BCUT2D eigenvalue weighted by molar-refractivity contribution is 6.36. The Labute approximate surface area is 140 Å². The number of amides is 1. The lowest BCUT2D eigenvalue weighted by Crippen LogP contribution is -2.30. The van der Waals surface area contributed by atoms with Crippen molar-refractivity contribution in [3.63, 3.8) is 0 Å². The molecule has 0 radical (unpaired) electrons. The largest absolute Gasteiger partial charge is 0.497 e. The van der Waals surface area contributed by atoms with Gasteiger partial charge < -0.3 is 10.1 Å². The second-order valence-corrected chi connectivity index (χ2v) is 5.52. The predicted molar refractivity (Wildman–Crippen MR) is 89.6 cm³/mol. The van der Waals surface area contributed by atoms with Gasteiger partial charge in [0.2, 0.25) is 5.78 Å². The molecule has 23 heavy (non-hydrogen) atoms. The summed E-state index contributed by atoms with van der Waals surface area (Å²) in [6.07, 6.45) is 0.704. The highest BCUT2D eigenvalue weighted by Gasteiger charge is 2.13. The van der Waals surface area contributed by atoms with Gasteiger partial charge in [-0.05, 0) is 41.8 Å². The van der Waals surface area contributed by atoms with Crippen molar-refractivity contribution in [2.45, 2.75) is 19.4 Å². The molecule has 0 unspecified atom stereocenters. The van der Waals surface area contributed by atoms with Crippen LogP contribution >= 0.6 is 11.6 Å². The van der Waals surface area contributed by atoms with E-state index in [1.807, 2.05) is 36.4 Å². The van der Waals surface area contributed by atoms with Gasteiger partial charge in [-0.1, -0.05) is 35.9 Å². The van der Waals surface area contributed by atoms with Crippen LogP contribution < -0.4 is 10.1 Å². The van der Waals surface area contributed by atoms with Crippen LogP contribution in [0.15, 0.2) is 48.5 Å². The summed E-state index contributed by atoms with van der Waals surface area (Å²) in [5.41, 5.74) is 1.88. The molecule has 2 aromatic rings. The molecule has 2 rings (SSSR count). The maximum Gasteiger partial charge on any atom is 0.287 e. The molecule has 0 spiro atoms. The highest BCUT2D eigenvalue weighted by Crippen LogP contribution is 2.13. The molecule has 0 saturated heterocycles. The Bertz CT molecular complexity index is 666. The van der Waals surface area contributed by atoms with E-state index in [0.717, 1.165) is 16.9 Å². The van der Waals surface area contributed by atoms with Crippen molar-refractivity contribution in [2.24, 2.45) is 0 Å². The van der Waals surface area contributed by atoms with Crippen molar-refractivity contribution >= 4 is 23.3 Å².